The van der Waals surface area contributed by atoms with Crippen LogP contribution in [0.1, 0.15) is 198 Å². The Labute approximate surface area is 816 Å². The molecule has 0 spiro atoms. The molecule has 1 aliphatic rings. The minimum atomic E-state index is -1.37. The van der Waals surface area contributed by atoms with Crippen molar-refractivity contribution in [1.29, 1.82) is 0 Å². The van der Waals surface area contributed by atoms with Crippen LogP contribution in [-0.4, -0.2) is 230 Å². The minimum absolute atomic E-state index is 0.138. The number of aromatic nitrogens is 3. The quantitative estimate of drug-likeness (QED) is 0.0129. The summed E-state index contributed by atoms with van der Waals surface area (Å²) in [4.78, 5) is 167. The highest BCUT2D eigenvalue weighted by molar-refractivity contribution is 5.89. The summed E-state index contributed by atoms with van der Waals surface area (Å²) in [6, 6.07) is 45.4. The fourth-order valence-electron chi connectivity index (χ4n) is 14.5. The molecule has 4 amide bonds. The molecule has 4 aromatic carbocycles. The number of cyclic esters (lactones) is 2. The number of aliphatic hydroxyl groups is 4. The lowest BCUT2D eigenvalue weighted by Gasteiger charge is -2.37. The van der Waals surface area contributed by atoms with Crippen LogP contribution in [-0.2, 0) is 126 Å². The molecule has 0 bridgehead atoms. The maximum Gasteiger partial charge on any atom is 0.408 e. The number of ether oxygens (including phenoxy) is 8. The molecule has 18 atom stereocenters. The van der Waals surface area contributed by atoms with Crippen molar-refractivity contribution >= 4 is 71.6 Å². The summed E-state index contributed by atoms with van der Waals surface area (Å²) in [7, 11) is 0. The zero-order valence-electron chi connectivity index (χ0n) is 84.2. The second-order valence-electron chi connectivity index (χ2n) is 38.8. The number of nitrogens with one attached hydrogen (secondary N) is 4. The standard InChI is InChI=1S/C40H53N3O8.C25H37N3O8.C25H28N2O3.C15H27NO6/c1-26(2)36(38(47)49-29(5)34(28(4)44)42-39(48)51-40(6,7)8)50-37(46)27(3)35(45)33(22-32-20-15-21-41-23-32)43(24-30-16-11-9-12-17-30)25-31-18-13-10-14-19-31;1-13(2)20-23(32)34-15(4)18(28-24(33)36-25(5,6)7)21(30)27-17(11-16-9-8-10-26-12-16)19(29)14(3)22(31)35-20;1-19(25(29)30)24(28)23(15-22-13-8-14-26-16-22)27(17-20-9-4-2-5-10-20)18-21-11-6-3-7-12-21;1-8(2)12(18)13(19)21-10(4)11(9(3)17)16-14(20)22-15(5,6)7/h9-21,23,26-27,29,33-36,45H,22,24-25H2,1-8H3,(H,42,48);8-10,12-15,17-20,29H,11H2,1-7H3,(H,27,30)(H,28,33);2-14,16,19,23-24,28H,15,17-18H2,1H3,(H,29,30);8,10-12,18H,1-7H3,(H,16,20)/t27-,29-,33+,34-,35+,36+;14-,15-,17+,18+,19+,20+;19-,23+,24+;10-,11-,12+/m1111/s1. The third-order valence-electron chi connectivity index (χ3n) is 22.1. The Morgan fingerprint density at radius 2 is 0.813 bits per heavy atom. The number of ketones is 2. The Morgan fingerprint density at radius 3 is 1.15 bits per heavy atom. The molecular formula is C105H145N9O25. The second-order valence-corrected chi connectivity index (χ2v) is 38.8. The average Bonchev–Trinajstić information content (AvgIpc) is 0.817. The number of hydrogen-bond donors (Lipinski definition) is 9. The number of aliphatic hydroxyl groups excluding tert-OH is 4. The van der Waals surface area contributed by atoms with Crippen LogP contribution in [0.5, 0.6) is 0 Å². The highest BCUT2D eigenvalue weighted by atomic mass is 16.6. The fourth-order valence-corrected chi connectivity index (χ4v) is 14.5. The number of hydrogen-bond acceptors (Lipinski definition) is 29. The van der Waals surface area contributed by atoms with Gasteiger partial charge in [0, 0.05) is 87.3 Å². The number of pyridine rings is 3. The van der Waals surface area contributed by atoms with Gasteiger partial charge in [0.15, 0.2) is 17.7 Å². The number of carboxylic acids is 1. The van der Waals surface area contributed by atoms with Gasteiger partial charge in [-0.3, -0.25) is 53.5 Å². The van der Waals surface area contributed by atoms with E-state index in [4.69, 9.17) is 37.9 Å². The van der Waals surface area contributed by atoms with E-state index in [9.17, 15) is 83.1 Å². The van der Waals surface area contributed by atoms with E-state index in [1.807, 2.05) is 146 Å². The predicted octanol–water partition coefficient (Wildman–Crippen LogP) is 12.4. The number of amides is 4. The predicted molar refractivity (Wildman–Crippen MR) is 519 cm³/mol. The number of carbonyl (C=O) groups excluding carboxylic acids is 11. The summed E-state index contributed by atoms with van der Waals surface area (Å²) >= 11 is 0. The van der Waals surface area contributed by atoms with Crippen LogP contribution in [0.25, 0.3) is 0 Å². The van der Waals surface area contributed by atoms with Crippen LogP contribution in [0.2, 0.25) is 0 Å². The molecule has 34 heteroatoms. The molecule has 760 valence electrons. The van der Waals surface area contributed by atoms with Gasteiger partial charge in [0.1, 0.15) is 53.2 Å². The molecule has 0 unspecified atom stereocenters. The number of carboxylic acid groups (broad SMARTS) is 1. The summed E-state index contributed by atoms with van der Waals surface area (Å²) < 4.78 is 42.9. The Kier molecular flexibility index (Phi) is 47.6. The summed E-state index contributed by atoms with van der Waals surface area (Å²) in [5.41, 5.74) is 4.49. The molecule has 0 radical (unpaired) electrons. The SMILES string of the molecule is CC(=O)[C@@H](NC(=O)OC(C)(C)C)[C@@H](C)OC(=O)[C@@H](O)C(C)C.CC(=O)[C@@H](NC(=O)OC(C)(C)C)[C@@H](C)OC(=O)[C@@H](OC(=O)[C@H](C)[C@H](O)[C@H](Cc1cccnc1)N(Cc1ccccc1)Cc1ccccc1)C(C)C.CC(C)[C@@H]1OC(=O)[C@H](C)[C@H](O)[C@H](Cc2cccnc2)NC(=O)[C@@H](NC(=O)OC(C)(C)C)[C@@H](C)OC1=O.C[C@@H](C(=O)O)[C@H](O)[C@H](Cc1cccnc1)N(Cc1ccccc1)Cc1ccccc1. The molecule has 4 heterocycles. The van der Waals surface area contributed by atoms with Gasteiger partial charge in [-0.1, -0.05) is 181 Å². The van der Waals surface area contributed by atoms with E-state index >= 15 is 0 Å². The zero-order chi connectivity index (χ0) is 104. The van der Waals surface area contributed by atoms with Crippen molar-refractivity contribution in [2.45, 2.75) is 313 Å². The van der Waals surface area contributed by atoms with E-state index in [1.54, 1.807) is 167 Å². The van der Waals surface area contributed by atoms with E-state index in [2.05, 4.69) is 46.0 Å². The first-order valence-electron chi connectivity index (χ1n) is 46.7. The summed E-state index contributed by atoms with van der Waals surface area (Å²) in [5, 5.41) is 63.3. The lowest BCUT2D eigenvalue weighted by molar-refractivity contribution is -0.180. The monoisotopic (exact) mass is 1930 g/mol. The van der Waals surface area contributed by atoms with Gasteiger partial charge in [-0.2, -0.15) is 0 Å². The second kappa shape index (κ2) is 56.6. The molecule has 9 N–H and O–H groups in total. The van der Waals surface area contributed by atoms with Gasteiger partial charge in [0.05, 0.1) is 42.1 Å². The van der Waals surface area contributed by atoms with Crippen LogP contribution < -0.4 is 21.3 Å². The van der Waals surface area contributed by atoms with Gasteiger partial charge in [0.25, 0.3) is 0 Å². The maximum atomic E-state index is 13.8. The van der Waals surface area contributed by atoms with E-state index in [1.165, 1.54) is 41.5 Å². The van der Waals surface area contributed by atoms with Crippen molar-refractivity contribution in [2.75, 3.05) is 0 Å². The molecule has 34 nitrogen and oxygen atoms in total. The number of esters is 5. The van der Waals surface area contributed by atoms with Crippen molar-refractivity contribution < 1.29 is 121 Å². The van der Waals surface area contributed by atoms with Gasteiger partial charge in [-0.25, -0.2) is 28.8 Å². The number of rotatable bonds is 37. The first-order chi connectivity index (χ1) is 65.1. The Bertz CT molecular complexity index is 4890. The minimum Gasteiger partial charge on any atom is -0.481 e. The fraction of sp³-hybridized carbons (Fsp3) is 0.514. The zero-order valence-corrected chi connectivity index (χ0v) is 84.2. The smallest absolute Gasteiger partial charge is 0.408 e. The largest absolute Gasteiger partial charge is 0.481 e. The number of Topliss-reactive ketones (excluding diaryl/α,β-unsaturated/α-hetero) is 2. The van der Waals surface area contributed by atoms with Crippen LogP contribution in [0.15, 0.2) is 195 Å². The molecule has 139 heavy (non-hydrogen) atoms. The first kappa shape index (κ1) is 117. The first-order valence-corrected chi connectivity index (χ1v) is 46.7. The van der Waals surface area contributed by atoms with Crippen molar-refractivity contribution in [3.8, 4) is 0 Å². The van der Waals surface area contributed by atoms with Crippen molar-refractivity contribution in [3.05, 3.63) is 234 Å². The van der Waals surface area contributed by atoms with E-state index < -0.39 is 197 Å². The van der Waals surface area contributed by atoms with E-state index in [0.29, 0.717) is 44.6 Å². The van der Waals surface area contributed by atoms with Crippen molar-refractivity contribution in [2.24, 2.45) is 35.5 Å². The van der Waals surface area contributed by atoms with Crippen LogP contribution >= 0.6 is 0 Å². The van der Waals surface area contributed by atoms with Crippen LogP contribution in [0.3, 0.4) is 0 Å². The Balaban J connectivity index is 0.000000342. The Morgan fingerprint density at radius 1 is 0.453 bits per heavy atom. The topological polar surface area (TPSA) is 473 Å². The van der Waals surface area contributed by atoms with E-state index in [0.717, 1.165) is 33.4 Å². The third-order valence-corrected chi connectivity index (χ3v) is 22.1. The van der Waals surface area contributed by atoms with Gasteiger partial charge < -0.3 is 84.7 Å². The molecule has 0 saturated carbocycles. The van der Waals surface area contributed by atoms with Crippen LogP contribution in [0.4, 0.5) is 14.4 Å². The normalized spacial score (nSPS) is 18.4. The van der Waals surface area contributed by atoms with E-state index in [-0.39, 0.29) is 24.2 Å². The third kappa shape index (κ3) is 41.6. The number of benzene rings is 4. The summed E-state index contributed by atoms with van der Waals surface area (Å²) in [6.07, 6.45) is -2.10. The molecule has 0 aliphatic carbocycles. The molecule has 1 saturated heterocycles. The summed E-state index contributed by atoms with van der Waals surface area (Å²) in [6.45, 7) is 38.9. The highest BCUT2D eigenvalue weighted by Crippen LogP contribution is 2.29. The molecular weight excluding hydrogens is 1790 g/mol. The molecule has 1 fully saturated rings. The van der Waals surface area contributed by atoms with Gasteiger partial charge in [0.2, 0.25) is 18.1 Å². The Hall–Kier alpha value is -12.5. The number of carbonyl (C=O) groups is 12. The molecule has 7 aromatic rings. The average molecular weight is 1930 g/mol. The number of aliphatic carboxylic acids is 1. The number of alkyl carbamates (subject to hydrolysis) is 3. The molecule has 3 aromatic heterocycles. The van der Waals surface area contributed by atoms with Crippen molar-refractivity contribution in [1.82, 2.24) is 46.0 Å². The van der Waals surface area contributed by atoms with Gasteiger partial charge >= 0.3 is 54.1 Å². The van der Waals surface area contributed by atoms with Gasteiger partial charge in [-0.05, 0) is 200 Å². The molecule has 1 aliphatic heterocycles. The van der Waals surface area contributed by atoms with Crippen LogP contribution in [0, 0.1) is 35.5 Å². The lowest BCUT2D eigenvalue weighted by atomic mass is 9.91. The lowest BCUT2D eigenvalue weighted by Crippen LogP contribution is -2.60. The summed E-state index contributed by atoms with van der Waals surface area (Å²) in [5.74, 6) is -11.0. The van der Waals surface area contributed by atoms with Gasteiger partial charge in [-0.15, -0.1) is 0 Å². The molecule has 8 rings (SSSR count). The highest BCUT2D eigenvalue weighted by Gasteiger charge is 2.44. The maximum absolute atomic E-state index is 13.8. The number of nitrogens with zero attached hydrogens (tertiary/aromatic N) is 5. The van der Waals surface area contributed by atoms with Crippen molar-refractivity contribution in [3.63, 3.8) is 0 Å².